The molecule has 0 bridgehead atoms. The first kappa shape index (κ1) is 17.3. The molecule has 118 valence electrons. The van der Waals surface area contributed by atoms with E-state index in [2.05, 4.69) is 52.1 Å². The summed E-state index contributed by atoms with van der Waals surface area (Å²) in [7, 11) is 0. The van der Waals surface area contributed by atoms with Gasteiger partial charge in [0, 0.05) is 22.1 Å². The Morgan fingerprint density at radius 3 is 2.71 bits per heavy atom. The van der Waals surface area contributed by atoms with E-state index in [0.29, 0.717) is 6.04 Å². The van der Waals surface area contributed by atoms with E-state index in [-0.39, 0.29) is 0 Å². The fourth-order valence-corrected chi connectivity index (χ4v) is 3.99. The Morgan fingerprint density at radius 1 is 1.38 bits per heavy atom. The van der Waals surface area contributed by atoms with Gasteiger partial charge in [-0.15, -0.1) is 0 Å². The van der Waals surface area contributed by atoms with Crippen molar-refractivity contribution < 1.29 is 0 Å². The van der Waals surface area contributed by atoms with Crippen molar-refractivity contribution in [2.45, 2.75) is 39.2 Å². The summed E-state index contributed by atoms with van der Waals surface area (Å²) >= 11 is 9.93. The van der Waals surface area contributed by atoms with Gasteiger partial charge < -0.3 is 5.32 Å². The zero-order chi connectivity index (χ0) is 15.2. The number of nitrogens with one attached hydrogen (secondary N) is 1. The molecule has 1 unspecified atom stereocenters. The van der Waals surface area contributed by atoms with Crippen molar-refractivity contribution in [2.24, 2.45) is 5.92 Å². The minimum Gasteiger partial charge on any atom is -0.317 e. The molecule has 0 amide bonds. The predicted molar refractivity (Wildman–Crippen MR) is 95.0 cm³/mol. The van der Waals surface area contributed by atoms with Crippen LogP contribution in [0.25, 0.3) is 0 Å². The van der Waals surface area contributed by atoms with E-state index in [1.807, 2.05) is 6.07 Å². The summed E-state index contributed by atoms with van der Waals surface area (Å²) in [5, 5.41) is 4.32. The molecule has 21 heavy (non-hydrogen) atoms. The third-order valence-corrected chi connectivity index (χ3v) is 5.24. The second kappa shape index (κ2) is 8.52. The van der Waals surface area contributed by atoms with Crippen molar-refractivity contribution in [3.8, 4) is 0 Å². The maximum Gasteiger partial charge on any atom is 0.0464 e. The smallest absolute Gasteiger partial charge is 0.0464 e. The van der Waals surface area contributed by atoms with Gasteiger partial charge in [0.05, 0.1) is 0 Å². The van der Waals surface area contributed by atoms with Crippen molar-refractivity contribution >= 4 is 27.5 Å². The van der Waals surface area contributed by atoms with Gasteiger partial charge in [-0.1, -0.05) is 40.5 Å². The zero-order valence-electron chi connectivity index (χ0n) is 13.0. The van der Waals surface area contributed by atoms with E-state index in [4.69, 9.17) is 11.6 Å². The molecule has 0 spiro atoms. The third-order valence-electron chi connectivity index (χ3n) is 4.42. The molecule has 1 fully saturated rings. The molecule has 0 aliphatic carbocycles. The Morgan fingerprint density at radius 2 is 2.10 bits per heavy atom. The lowest BCUT2D eigenvalue weighted by molar-refractivity contribution is 0.161. The van der Waals surface area contributed by atoms with Gasteiger partial charge in [0.15, 0.2) is 0 Å². The summed E-state index contributed by atoms with van der Waals surface area (Å²) in [4.78, 5) is 2.60. The van der Waals surface area contributed by atoms with Crippen molar-refractivity contribution in [2.75, 3.05) is 26.2 Å². The highest BCUT2D eigenvalue weighted by molar-refractivity contribution is 9.10. The first-order valence-corrected chi connectivity index (χ1v) is 9.18. The normalized spacial score (nSPS) is 18.1. The SMILES string of the molecule is CCCN(CC1CCNCC1)C(C)c1ccc(Br)cc1Cl. The molecule has 1 aromatic carbocycles. The summed E-state index contributed by atoms with van der Waals surface area (Å²) in [6.45, 7) is 9.19. The quantitative estimate of drug-likeness (QED) is 0.765. The summed E-state index contributed by atoms with van der Waals surface area (Å²) < 4.78 is 1.05. The van der Waals surface area contributed by atoms with Crippen LogP contribution in [0.3, 0.4) is 0 Å². The van der Waals surface area contributed by atoms with Crippen molar-refractivity contribution in [3.63, 3.8) is 0 Å². The highest BCUT2D eigenvalue weighted by atomic mass is 79.9. The van der Waals surface area contributed by atoms with Crippen LogP contribution in [0.2, 0.25) is 5.02 Å². The topological polar surface area (TPSA) is 15.3 Å². The minimum absolute atomic E-state index is 0.375. The van der Waals surface area contributed by atoms with E-state index in [9.17, 15) is 0 Å². The maximum atomic E-state index is 6.44. The Kier molecular flexibility index (Phi) is 7.00. The van der Waals surface area contributed by atoms with Crippen LogP contribution in [0.15, 0.2) is 22.7 Å². The monoisotopic (exact) mass is 372 g/mol. The number of halogens is 2. The molecule has 1 N–H and O–H groups in total. The van der Waals surface area contributed by atoms with Gasteiger partial charge in [-0.3, -0.25) is 4.90 Å². The van der Waals surface area contributed by atoms with E-state index in [1.165, 1.54) is 31.4 Å². The number of benzene rings is 1. The van der Waals surface area contributed by atoms with Gasteiger partial charge in [-0.05, 0) is 69.4 Å². The highest BCUT2D eigenvalue weighted by Crippen LogP contribution is 2.31. The summed E-state index contributed by atoms with van der Waals surface area (Å²) in [5.41, 5.74) is 1.24. The molecule has 0 radical (unpaired) electrons. The molecule has 2 nitrogen and oxygen atoms in total. The lowest BCUT2D eigenvalue weighted by atomic mass is 9.96. The van der Waals surface area contributed by atoms with Crippen LogP contribution in [-0.2, 0) is 0 Å². The summed E-state index contributed by atoms with van der Waals surface area (Å²) in [5.74, 6) is 0.814. The molecule has 4 heteroatoms. The van der Waals surface area contributed by atoms with Gasteiger partial charge >= 0.3 is 0 Å². The molecule has 0 saturated carbocycles. The second-order valence-corrected chi connectivity index (χ2v) is 7.35. The lowest BCUT2D eigenvalue weighted by Gasteiger charge is -2.34. The Hall–Kier alpha value is -0.0900. The van der Waals surface area contributed by atoms with Crippen molar-refractivity contribution in [3.05, 3.63) is 33.3 Å². The zero-order valence-corrected chi connectivity index (χ0v) is 15.4. The molecular weight excluding hydrogens is 348 g/mol. The van der Waals surface area contributed by atoms with Crippen LogP contribution in [0, 0.1) is 5.92 Å². The molecule has 1 aromatic rings. The number of nitrogens with zero attached hydrogens (tertiary/aromatic N) is 1. The van der Waals surface area contributed by atoms with Gasteiger partial charge in [0.2, 0.25) is 0 Å². The molecule has 0 aromatic heterocycles. The fourth-order valence-electron chi connectivity index (χ4n) is 3.16. The van der Waals surface area contributed by atoms with Crippen molar-refractivity contribution in [1.29, 1.82) is 0 Å². The van der Waals surface area contributed by atoms with Crippen molar-refractivity contribution in [1.82, 2.24) is 10.2 Å². The Labute approximate surface area is 142 Å². The molecule has 1 aliphatic heterocycles. The number of hydrogen-bond acceptors (Lipinski definition) is 2. The minimum atomic E-state index is 0.375. The summed E-state index contributed by atoms with van der Waals surface area (Å²) in [6, 6.07) is 6.62. The average Bonchev–Trinajstić information content (AvgIpc) is 2.47. The van der Waals surface area contributed by atoms with Gasteiger partial charge in [0.25, 0.3) is 0 Å². The Bertz CT molecular complexity index is 446. The molecule has 1 atom stereocenters. The molecule has 1 heterocycles. The first-order valence-electron chi connectivity index (χ1n) is 8.01. The van der Waals surface area contributed by atoms with Crippen LogP contribution in [0.4, 0.5) is 0 Å². The van der Waals surface area contributed by atoms with Crippen LogP contribution in [-0.4, -0.2) is 31.1 Å². The van der Waals surface area contributed by atoms with E-state index in [1.54, 1.807) is 0 Å². The van der Waals surface area contributed by atoms with E-state index in [0.717, 1.165) is 35.0 Å². The number of hydrogen-bond donors (Lipinski definition) is 1. The number of piperidine rings is 1. The average molecular weight is 374 g/mol. The highest BCUT2D eigenvalue weighted by Gasteiger charge is 2.22. The second-order valence-electron chi connectivity index (χ2n) is 6.03. The van der Waals surface area contributed by atoms with Crippen LogP contribution in [0.1, 0.15) is 44.7 Å². The van der Waals surface area contributed by atoms with Crippen LogP contribution in [0.5, 0.6) is 0 Å². The third kappa shape index (κ3) is 4.95. The van der Waals surface area contributed by atoms with Gasteiger partial charge in [0.1, 0.15) is 0 Å². The van der Waals surface area contributed by atoms with Gasteiger partial charge in [-0.2, -0.15) is 0 Å². The van der Waals surface area contributed by atoms with E-state index >= 15 is 0 Å². The molecule has 1 aliphatic rings. The lowest BCUT2D eigenvalue weighted by Crippen LogP contribution is -2.37. The van der Waals surface area contributed by atoms with E-state index < -0.39 is 0 Å². The maximum absolute atomic E-state index is 6.44. The van der Waals surface area contributed by atoms with Gasteiger partial charge in [-0.25, -0.2) is 0 Å². The molecule has 2 rings (SSSR count). The fraction of sp³-hybridized carbons (Fsp3) is 0.647. The predicted octanol–water partition coefficient (Wildman–Crippen LogP) is 4.88. The standard InChI is InChI=1S/C17H26BrClN2/c1-3-10-21(12-14-6-8-20-9-7-14)13(2)16-5-4-15(18)11-17(16)19/h4-5,11,13-14,20H,3,6-10,12H2,1-2H3. The molecular formula is C17H26BrClN2. The first-order chi connectivity index (χ1) is 10.1. The van der Waals surface area contributed by atoms with Crippen LogP contribution >= 0.6 is 27.5 Å². The van der Waals surface area contributed by atoms with Crippen LogP contribution < -0.4 is 5.32 Å². The largest absolute Gasteiger partial charge is 0.317 e. The Balaban J connectivity index is 2.08. The number of rotatable bonds is 6. The summed E-state index contributed by atoms with van der Waals surface area (Å²) in [6.07, 6.45) is 3.77. The molecule has 1 saturated heterocycles.